The smallest absolute Gasteiger partial charge is 0.162 e. The van der Waals surface area contributed by atoms with E-state index >= 15 is 0 Å². The average Bonchev–Trinajstić information content (AvgIpc) is 1.68. The molecule has 44 valence electrons. The molecular weight excluding hydrogens is 104 g/mol. The van der Waals surface area contributed by atoms with Gasteiger partial charge in [0.2, 0.25) is 0 Å². The van der Waals surface area contributed by atoms with Crippen LogP contribution in [0.3, 0.4) is 0 Å². The minimum absolute atomic E-state index is 0.00431. The fraction of sp³-hybridized carbons (Fsp3) is 0.333. The summed E-state index contributed by atoms with van der Waals surface area (Å²) in [7, 11) is 0. The van der Waals surface area contributed by atoms with Gasteiger partial charge in [0, 0.05) is 0 Å². The number of carbonyl (C=O) groups excluding carboxylic acids is 2. The average molecular weight is 112 g/mol. The van der Waals surface area contributed by atoms with Crippen molar-refractivity contribution in [1.82, 2.24) is 0 Å². The van der Waals surface area contributed by atoms with Gasteiger partial charge in [0.25, 0.3) is 0 Å². The van der Waals surface area contributed by atoms with Crippen LogP contribution in [0.15, 0.2) is 12.2 Å². The number of hydrogen-bond donors (Lipinski definition) is 0. The number of allylic oxidation sites excluding steroid dienone is 2. The second kappa shape index (κ2) is 4.24. The van der Waals surface area contributed by atoms with Gasteiger partial charge >= 0.3 is 0 Å². The summed E-state index contributed by atoms with van der Waals surface area (Å²) in [5.74, 6) is -0.137. The number of rotatable bonds is 3. The predicted octanol–water partition coefficient (Wildman–Crippen LogP) is 0.721. The molecule has 0 aromatic heterocycles. The molecule has 0 rings (SSSR count). The first-order valence-corrected chi connectivity index (χ1v) is 2.40. The van der Waals surface area contributed by atoms with E-state index in [-0.39, 0.29) is 12.2 Å². The molecular formula is C6H8O2. The molecule has 0 aliphatic heterocycles. The molecule has 0 aromatic rings. The van der Waals surface area contributed by atoms with Crippen LogP contribution in [0.5, 0.6) is 0 Å². The lowest BCUT2D eigenvalue weighted by molar-refractivity contribution is -0.118. The zero-order chi connectivity index (χ0) is 6.41. The summed E-state index contributed by atoms with van der Waals surface area (Å²) in [6.45, 7) is 1.74. The summed E-state index contributed by atoms with van der Waals surface area (Å²) in [5.41, 5.74) is 0. The zero-order valence-corrected chi connectivity index (χ0v) is 4.76. The summed E-state index contributed by atoms with van der Waals surface area (Å²) in [4.78, 5) is 20.0. The third-order valence-corrected chi connectivity index (χ3v) is 0.637. The third kappa shape index (κ3) is 3.28. The van der Waals surface area contributed by atoms with Gasteiger partial charge in [-0.25, -0.2) is 0 Å². The van der Waals surface area contributed by atoms with E-state index < -0.39 is 0 Å². The molecule has 8 heavy (non-hydrogen) atoms. The molecule has 0 aromatic carbocycles. The highest BCUT2D eigenvalue weighted by Crippen LogP contribution is 1.79. The van der Waals surface area contributed by atoms with Crippen LogP contribution in [0.2, 0.25) is 0 Å². The van der Waals surface area contributed by atoms with E-state index in [1.54, 1.807) is 13.0 Å². The van der Waals surface area contributed by atoms with Gasteiger partial charge < -0.3 is 4.79 Å². The number of hydrogen-bond acceptors (Lipinski definition) is 2. The first-order chi connectivity index (χ1) is 3.81. The molecule has 0 amide bonds. The highest BCUT2D eigenvalue weighted by molar-refractivity contribution is 5.97. The normalized spacial score (nSPS) is 9.62. The van der Waals surface area contributed by atoms with Crippen molar-refractivity contribution in [2.45, 2.75) is 13.3 Å². The van der Waals surface area contributed by atoms with Crippen LogP contribution in [-0.2, 0) is 9.59 Å². The zero-order valence-electron chi connectivity index (χ0n) is 4.76. The molecule has 0 aliphatic carbocycles. The van der Waals surface area contributed by atoms with E-state index in [4.69, 9.17) is 0 Å². The molecule has 0 aliphatic rings. The minimum atomic E-state index is -0.137. The van der Waals surface area contributed by atoms with Crippen molar-refractivity contribution in [2.24, 2.45) is 0 Å². The standard InChI is InChI=1S/C6H8O2/c1-2-3-6(8)4-5-7/h2-3,5H,4H2,1H3. The van der Waals surface area contributed by atoms with Crippen LogP contribution in [0.25, 0.3) is 0 Å². The monoisotopic (exact) mass is 112 g/mol. The molecule has 0 saturated carbocycles. The number of carbonyl (C=O) groups is 2. The van der Waals surface area contributed by atoms with Gasteiger partial charge in [-0.05, 0) is 13.0 Å². The highest BCUT2D eigenvalue weighted by atomic mass is 16.1. The first kappa shape index (κ1) is 7.08. The third-order valence-electron chi connectivity index (χ3n) is 0.637. The molecule has 0 radical (unpaired) electrons. The topological polar surface area (TPSA) is 34.1 Å². The summed E-state index contributed by atoms with van der Waals surface area (Å²) >= 11 is 0. The lowest BCUT2D eigenvalue weighted by atomic mass is 10.3. The van der Waals surface area contributed by atoms with Crippen molar-refractivity contribution < 1.29 is 9.59 Å². The fourth-order valence-corrected chi connectivity index (χ4v) is 0.336. The van der Waals surface area contributed by atoms with E-state index in [2.05, 4.69) is 0 Å². The summed E-state index contributed by atoms with van der Waals surface area (Å²) in [6, 6.07) is 0. The molecule has 0 atom stereocenters. The molecule has 2 nitrogen and oxygen atoms in total. The Kier molecular flexibility index (Phi) is 3.76. The van der Waals surface area contributed by atoms with Gasteiger partial charge in [0.05, 0.1) is 6.42 Å². The second-order valence-corrected chi connectivity index (χ2v) is 1.34. The van der Waals surface area contributed by atoms with Crippen LogP contribution < -0.4 is 0 Å². The largest absolute Gasteiger partial charge is 0.303 e. The Morgan fingerprint density at radius 2 is 2.25 bits per heavy atom. The van der Waals surface area contributed by atoms with Crippen LogP contribution in [0.1, 0.15) is 13.3 Å². The van der Waals surface area contributed by atoms with E-state index in [9.17, 15) is 9.59 Å². The summed E-state index contributed by atoms with van der Waals surface area (Å²) in [5, 5.41) is 0. The van der Waals surface area contributed by atoms with Gasteiger partial charge in [0.1, 0.15) is 6.29 Å². The van der Waals surface area contributed by atoms with Gasteiger partial charge in [-0.3, -0.25) is 4.79 Å². The van der Waals surface area contributed by atoms with Crippen molar-refractivity contribution in [3.8, 4) is 0 Å². The Hall–Kier alpha value is -0.920. The molecule has 0 heterocycles. The van der Waals surface area contributed by atoms with Crippen molar-refractivity contribution in [2.75, 3.05) is 0 Å². The predicted molar refractivity (Wildman–Crippen MR) is 30.5 cm³/mol. The van der Waals surface area contributed by atoms with E-state index in [1.807, 2.05) is 0 Å². The Bertz CT molecular complexity index is 114. The number of ketones is 1. The van der Waals surface area contributed by atoms with E-state index in [0.717, 1.165) is 0 Å². The molecule has 0 saturated heterocycles. The minimum Gasteiger partial charge on any atom is -0.303 e. The maximum atomic E-state index is 10.3. The van der Waals surface area contributed by atoms with Crippen LogP contribution >= 0.6 is 0 Å². The molecule has 0 bridgehead atoms. The lowest BCUT2D eigenvalue weighted by Crippen LogP contribution is -1.90. The SMILES string of the molecule is CC=CC(=O)CC=O. The van der Waals surface area contributed by atoms with E-state index in [1.165, 1.54) is 6.08 Å². The molecule has 0 fully saturated rings. The Morgan fingerprint density at radius 3 is 2.62 bits per heavy atom. The maximum absolute atomic E-state index is 10.3. The van der Waals surface area contributed by atoms with Crippen molar-refractivity contribution in [3.63, 3.8) is 0 Å². The van der Waals surface area contributed by atoms with E-state index in [0.29, 0.717) is 6.29 Å². The lowest BCUT2D eigenvalue weighted by Gasteiger charge is -1.77. The highest BCUT2D eigenvalue weighted by Gasteiger charge is 1.89. The molecule has 0 spiro atoms. The van der Waals surface area contributed by atoms with Crippen molar-refractivity contribution in [1.29, 1.82) is 0 Å². The maximum Gasteiger partial charge on any atom is 0.162 e. The molecule has 0 N–H and O–H groups in total. The van der Waals surface area contributed by atoms with Crippen LogP contribution in [-0.4, -0.2) is 12.1 Å². The molecule has 0 unspecified atom stereocenters. The quantitative estimate of drug-likeness (QED) is 0.306. The number of aldehydes is 1. The van der Waals surface area contributed by atoms with Crippen molar-refractivity contribution in [3.05, 3.63) is 12.2 Å². The van der Waals surface area contributed by atoms with Gasteiger partial charge in [0.15, 0.2) is 5.78 Å². The van der Waals surface area contributed by atoms with Crippen LogP contribution in [0, 0.1) is 0 Å². The Morgan fingerprint density at radius 1 is 1.62 bits per heavy atom. The van der Waals surface area contributed by atoms with Gasteiger partial charge in [-0.1, -0.05) is 6.08 Å². The Labute approximate surface area is 48.2 Å². The van der Waals surface area contributed by atoms with Crippen molar-refractivity contribution >= 4 is 12.1 Å². The summed E-state index contributed by atoms with van der Waals surface area (Å²) < 4.78 is 0. The Balaban J connectivity index is 3.48. The first-order valence-electron chi connectivity index (χ1n) is 2.40. The van der Waals surface area contributed by atoms with Gasteiger partial charge in [-0.2, -0.15) is 0 Å². The van der Waals surface area contributed by atoms with Gasteiger partial charge in [-0.15, -0.1) is 0 Å². The fourth-order valence-electron chi connectivity index (χ4n) is 0.336. The molecule has 2 heteroatoms. The van der Waals surface area contributed by atoms with Crippen LogP contribution in [0.4, 0.5) is 0 Å². The second-order valence-electron chi connectivity index (χ2n) is 1.34. The summed E-state index contributed by atoms with van der Waals surface area (Å²) in [6.07, 6.45) is 3.60.